The molecule has 2 heterocycles. The number of carbonyl (C=O) groups excluding carboxylic acids is 2. The molecule has 3 rings (SSSR count). The topological polar surface area (TPSA) is 75.6 Å². The van der Waals surface area contributed by atoms with Gasteiger partial charge < -0.3 is 15.0 Å². The maximum Gasteiger partial charge on any atom is 0.525 e. The van der Waals surface area contributed by atoms with Gasteiger partial charge in [-0.05, 0) is 24.4 Å². The van der Waals surface area contributed by atoms with Gasteiger partial charge in [0.05, 0.1) is 18.0 Å². The second-order valence-electron chi connectivity index (χ2n) is 5.46. The summed E-state index contributed by atoms with van der Waals surface area (Å²) in [6, 6.07) is 8.66. The van der Waals surface area contributed by atoms with Crippen molar-refractivity contribution < 1.29 is 19.3 Å². The van der Waals surface area contributed by atoms with Crippen LogP contribution >= 0.6 is 11.3 Å². The maximum absolute atomic E-state index is 12.2. The highest BCUT2D eigenvalue weighted by atomic mass is 32.1. The molecule has 2 N–H and O–H groups in total. The second-order valence-corrected chi connectivity index (χ2v) is 6.50. The van der Waals surface area contributed by atoms with Gasteiger partial charge in [0.2, 0.25) is 5.91 Å². The van der Waals surface area contributed by atoms with E-state index in [1.54, 1.807) is 12.1 Å². The number of carbonyl (C=O) groups is 2. The van der Waals surface area contributed by atoms with Crippen molar-refractivity contribution in [1.29, 1.82) is 0 Å². The van der Waals surface area contributed by atoms with E-state index in [2.05, 4.69) is 5.32 Å². The molecule has 7 heteroatoms. The number of para-hydroxylation sites is 1. The first kappa shape index (κ1) is 15.8. The Labute approximate surface area is 138 Å². The van der Waals surface area contributed by atoms with Crippen molar-refractivity contribution in [2.24, 2.45) is 0 Å². The molecule has 0 spiro atoms. The van der Waals surface area contributed by atoms with Crippen LogP contribution in [0.3, 0.4) is 0 Å². The van der Waals surface area contributed by atoms with E-state index in [9.17, 15) is 14.6 Å². The molecule has 5 nitrogen and oxygen atoms in total. The molecule has 2 aromatic rings. The van der Waals surface area contributed by atoms with Gasteiger partial charge in [-0.15, -0.1) is 11.3 Å². The first-order chi connectivity index (χ1) is 11.0. The zero-order chi connectivity index (χ0) is 16.4. The minimum atomic E-state index is -1.05. The summed E-state index contributed by atoms with van der Waals surface area (Å²) in [7, 11) is -1.05. The Kier molecular flexibility index (Phi) is 4.50. The maximum atomic E-state index is 12.2. The average Bonchev–Trinajstić information content (AvgIpc) is 2.99. The number of ketones is 1. The van der Waals surface area contributed by atoms with E-state index >= 15 is 0 Å². The second kappa shape index (κ2) is 6.56. The Morgan fingerprint density at radius 1 is 1.39 bits per heavy atom. The molecular weight excluding hydrogens is 313 g/mol. The van der Waals surface area contributed by atoms with Crippen molar-refractivity contribution in [3.8, 4) is 5.75 Å². The van der Waals surface area contributed by atoms with E-state index in [4.69, 9.17) is 4.65 Å². The molecule has 1 aliphatic rings. The van der Waals surface area contributed by atoms with E-state index in [-0.39, 0.29) is 24.1 Å². The molecular formula is C16H16BNO4S. The molecule has 0 aliphatic carbocycles. The summed E-state index contributed by atoms with van der Waals surface area (Å²) < 4.78 is 5.43. The highest BCUT2D eigenvalue weighted by Crippen LogP contribution is 2.36. The monoisotopic (exact) mass is 329 g/mol. The van der Waals surface area contributed by atoms with Gasteiger partial charge in [-0.3, -0.25) is 9.59 Å². The lowest BCUT2D eigenvalue weighted by Crippen LogP contribution is -2.39. The minimum Gasteiger partial charge on any atom is -0.535 e. The smallest absolute Gasteiger partial charge is 0.525 e. The predicted molar refractivity (Wildman–Crippen MR) is 88.8 cm³/mol. The van der Waals surface area contributed by atoms with Crippen LogP contribution in [0.1, 0.15) is 33.8 Å². The molecule has 118 valence electrons. The van der Waals surface area contributed by atoms with Crippen LogP contribution in [0.4, 0.5) is 0 Å². The molecule has 1 aliphatic heterocycles. The van der Waals surface area contributed by atoms with Crippen LogP contribution in [0, 0.1) is 0 Å². The third-order valence-corrected chi connectivity index (χ3v) is 4.62. The summed E-state index contributed by atoms with van der Waals surface area (Å²) in [5.74, 6) is 0.102. The van der Waals surface area contributed by atoms with E-state index in [0.717, 1.165) is 10.4 Å². The van der Waals surface area contributed by atoms with Crippen LogP contribution in [-0.4, -0.2) is 23.8 Å². The first-order valence-electron chi connectivity index (χ1n) is 7.35. The number of nitrogens with one attached hydrogen (secondary N) is 1. The number of Topliss-reactive ketones (excluding diaryl/α,β-unsaturated/α-hetero) is 1. The molecule has 23 heavy (non-hydrogen) atoms. The molecule has 0 saturated carbocycles. The summed E-state index contributed by atoms with van der Waals surface area (Å²) >= 11 is 1.53. The van der Waals surface area contributed by atoms with Crippen molar-refractivity contribution in [2.45, 2.75) is 25.7 Å². The Balaban J connectivity index is 1.83. The van der Waals surface area contributed by atoms with Crippen LogP contribution in [-0.2, 0) is 11.2 Å². The SMILES string of the molecule is CC(=O)c1cccc2c1OB(O)CC2NC(=O)Cc1cccs1. The predicted octanol–water partition coefficient (Wildman–Crippen LogP) is 2.22. The Hall–Kier alpha value is -2.12. The van der Waals surface area contributed by atoms with Gasteiger partial charge in [-0.25, -0.2) is 0 Å². The third kappa shape index (κ3) is 3.46. The first-order valence-corrected chi connectivity index (χ1v) is 8.23. The number of rotatable bonds is 4. The minimum absolute atomic E-state index is 0.120. The van der Waals surface area contributed by atoms with Gasteiger partial charge >= 0.3 is 7.12 Å². The van der Waals surface area contributed by atoms with E-state index in [1.165, 1.54) is 18.3 Å². The van der Waals surface area contributed by atoms with Crippen molar-refractivity contribution >= 4 is 30.1 Å². The summed E-state index contributed by atoms with van der Waals surface area (Å²) in [6.07, 6.45) is 0.553. The van der Waals surface area contributed by atoms with Gasteiger partial charge in [0.1, 0.15) is 5.75 Å². The van der Waals surface area contributed by atoms with Gasteiger partial charge in [0, 0.05) is 16.8 Å². The van der Waals surface area contributed by atoms with Crippen LogP contribution < -0.4 is 9.97 Å². The lowest BCUT2D eigenvalue weighted by atomic mass is 9.75. The van der Waals surface area contributed by atoms with Crippen LogP contribution in [0.2, 0.25) is 6.32 Å². The third-order valence-electron chi connectivity index (χ3n) is 3.74. The van der Waals surface area contributed by atoms with E-state index in [0.29, 0.717) is 17.7 Å². The summed E-state index contributed by atoms with van der Waals surface area (Å²) in [5, 5.41) is 14.8. The van der Waals surface area contributed by atoms with E-state index < -0.39 is 7.12 Å². The Morgan fingerprint density at radius 3 is 2.91 bits per heavy atom. The largest absolute Gasteiger partial charge is 0.535 e. The molecule has 1 amide bonds. The number of hydrogen-bond acceptors (Lipinski definition) is 5. The fraction of sp³-hybridized carbons (Fsp3) is 0.250. The van der Waals surface area contributed by atoms with Crippen LogP contribution in [0.25, 0.3) is 0 Å². The highest BCUT2D eigenvalue weighted by Gasteiger charge is 2.34. The lowest BCUT2D eigenvalue weighted by molar-refractivity contribution is -0.121. The van der Waals surface area contributed by atoms with Crippen LogP contribution in [0.15, 0.2) is 35.7 Å². The molecule has 1 aromatic carbocycles. The average molecular weight is 329 g/mol. The number of fused-ring (bicyclic) bond motifs is 1. The number of amides is 1. The fourth-order valence-electron chi connectivity index (χ4n) is 2.70. The molecule has 1 unspecified atom stereocenters. The van der Waals surface area contributed by atoms with Gasteiger partial charge in [0.25, 0.3) is 0 Å². The van der Waals surface area contributed by atoms with Crippen molar-refractivity contribution in [3.05, 3.63) is 51.7 Å². The fourth-order valence-corrected chi connectivity index (χ4v) is 3.41. The van der Waals surface area contributed by atoms with Gasteiger partial charge in [-0.1, -0.05) is 18.2 Å². The summed E-state index contributed by atoms with van der Waals surface area (Å²) in [5.41, 5.74) is 1.14. The zero-order valence-electron chi connectivity index (χ0n) is 12.6. The lowest BCUT2D eigenvalue weighted by Gasteiger charge is -2.29. The van der Waals surface area contributed by atoms with Gasteiger partial charge in [-0.2, -0.15) is 0 Å². The summed E-state index contributed by atoms with van der Waals surface area (Å²) in [6.45, 7) is 1.45. The van der Waals surface area contributed by atoms with Crippen LogP contribution in [0.5, 0.6) is 5.75 Å². The van der Waals surface area contributed by atoms with Crippen molar-refractivity contribution in [2.75, 3.05) is 0 Å². The van der Waals surface area contributed by atoms with Crippen molar-refractivity contribution in [1.82, 2.24) is 5.32 Å². The standard InChI is InChI=1S/C16H16BNO4S/c1-10(19)12-5-2-6-13-14(9-17(21)22-16(12)13)18-15(20)8-11-4-3-7-23-11/h2-7,14,21H,8-9H2,1H3,(H,18,20). The Morgan fingerprint density at radius 2 is 2.22 bits per heavy atom. The Bertz CT molecular complexity index is 732. The summed E-state index contributed by atoms with van der Waals surface area (Å²) in [4.78, 5) is 24.9. The zero-order valence-corrected chi connectivity index (χ0v) is 13.4. The molecule has 0 radical (unpaired) electrons. The number of thiophene rings is 1. The number of hydrogen-bond donors (Lipinski definition) is 2. The molecule has 0 bridgehead atoms. The van der Waals surface area contributed by atoms with Crippen molar-refractivity contribution in [3.63, 3.8) is 0 Å². The molecule has 0 fully saturated rings. The number of benzene rings is 1. The van der Waals surface area contributed by atoms with Gasteiger partial charge in [0.15, 0.2) is 5.78 Å². The molecule has 1 atom stereocenters. The normalized spacial score (nSPS) is 16.4. The molecule has 1 aromatic heterocycles. The molecule has 0 saturated heterocycles. The highest BCUT2D eigenvalue weighted by molar-refractivity contribution is 7.10. The quantitative estimate of drug-likeness (QED) is 0.666. The van der Waals surface area contributed by atoms with E-state index in [1.807, 2.05) is 23.6 Å².